The van der Waals surface area contributed by atoms with Gasteiger partial charge in [0.25, 0.3) is 0 Å². The summed E-state index contributed by atoms with van der Waals surface area (Å²) < 4.78 is 0. The number of aromatic nitrogens is 1. The summed E-state index contributed by atoms with van der Waals surface area (Å²) in [5, 5.41) is 3.60. The molecule has 3 heteroatoms. The van der Waals surface area contributed by atoms with Gasteiger partial charge in [-0.3, -0.25) is 9.88 Å². The summed E-state index contributed by atoms with van der Waals surface area (Å²) in [6.07, 6.45) is 4.69. The van der Waals surface area contributed by atoms with E-state index in [9.17, 15) is 0 Å². The molecule has 1 fully saturated rings. The minimum Gasteiger partial charge on any atom is -0.313 e. The van der Waals surface area contributed by atoms with Gasteiger partial charge in [0, 0.05) is 31.9 Å². The molecule has 3 nitrogen and oxygen atoms in total. The van der Waals surface area contributed by atoms with Crippen LogP contribution < -0.4 is 5.32 Å². The smallest absolute Gasteiger partial charge is 0.0543 e. The average Bonchev–Trinajstić information content (AvgIpc) is 3.14. The molecule has 1 aromatic rings. The first-order valence-corrected chi connectivity index (χ1v) is 6.57. The molecule has 0 aliphatic heterocycles. The molecular formula is C14H23N3. The number of nitrogens with zero attached hydrogens (tertiary/aromatic N) is 2. The zero-order valence-electron chi connectivity index (χ0n) is 10.9. The molecule has 94 valence electrons. The zero-order chi connectivity index (χ0) is 12.1. The van der Waals surface area contributed by atoms with Crippen molar-refractivity contribution in [3.05, 3.63) is 30.1 Å². The summed E-state index contributed by atoms with van der Waals surface area (Å²) >= 11 is 0. The lowest BCUT2D eigenvalue weighted by atomic mass is 10.2. The Morgan fingerprint density at radius 2 is 2.29 bits per heavy atom. The quantitative estimate of drug-likeness (QED) is 0.779. The van der Waals surface area contributed by atoms with Crippen LogP contribution in [0.4, 0.5) is 0 Å². The van der Waals surface area contributed by atoms with Gasteiger partial charge in [-0.2, -0.15) is 0 Å². The summed E-state index contributed by atoms with van der Waals surface area (Å²) in [5.74, 6) is 0.941. The largest absolute Gasteiger partial charge is 0.313 e. The predicted molar refractivity (Wildman–Crippen MR) is 70.8 cm³/mol. The van der Waals surface area contributed by atoms with Gasteiger partial charge in [-0.05, 0) is 44.9 Å². The molecule has 0 radical (unpaired) electrons. The fourth-order valence-electron chi connectivity index (χ4n) is 2.09. The van der Waals surface area contributed by atoms with Gasteiger partial charge in [-0.25, -0.2) is 0 Å². The van der Waals surface area contributed by atoms with E-state index in [1.807, 2.05) is 18.3 Å². The van der Waals surface area contributed by atoms with Crippen molar-refractivity contribution in [2.45, 2.75) is 32.4 Å². The second-order valence-electron chi connectivity index (χ2n) is 5.14. The van der Waals surface area contributed by atoms with Gasteiger partial charge in [0.1, 0.15) is 0 Å². The molecule has 1 unspecified atom stereocenters. The number of hydrogen-bond acceptors (Lipinski definition) is 3. The lowest BCUT2D eigenvalue weighted by molar-refractivity contribution is 0.311. The van der Waals surface area contributed by atoms with E-state index in [-0.39, 0.29) is 0 Å². The van der Waals surface area contributed by atoms with Crippen molar-refractivity contribution in [1.29, 1.82) is 0 Å². The number of pyridine rings is 1. The van der Waals surface area contributed by atoms with Crippen LogP contribution in [0.3, 0.4) is 0 Å². The van der Waals surface area contributed by atoms with Crippen molar-refractivity contribution in [3.8, 4) is 0 Å². The molecule has 1 aliphatic rings. The minimum atomic E-state index is 0.693. The highest BCUT2D eigenvalue weighted by atomic mass is 15.1. The summed E-state index contributed by atoms with van der Waals surface area (Å²) in [6, 6.07) is 6.78. The van der Waals surface area contributed by atoms with Crippen LogP contribution in [-0.4, -0.2) is 36.1 Å². The molecule has 0 aromatic carbocycles. The normalized spacial score (nSPS) is 17.4. The molecule has 1 heterocycles. The lowest BCUT2D eigenvalue weighted by Crippen LogP contribution is -2.35. The highest BCUT2D eigenvalue weighted by Crippen LogP contribution is 2.32. The van der Waals surface area contributed by atoms with Crippen LogP contribution in [0.2, 0.25) is 0 Å². The van der Waals surface area contributed by atoms with Crippen LogP contribution in [0.15, 0.2) is 24.4 Å². The van der Waals surface area contributed by atoms with E-state index in [0.29, 0.717) is 6.04 Å². The summed E-state index contributed by atoms with van der Waals surface area (Å²) in [7, 11) is 2.15. The minimum absolute atomic E-state index is 0.693. The molecule has 1 saturated carbocycles. The van der Waals surface area contributed by atoms with E-state index < -0.39 is 0 Å². The maximum absolute atomic E-state index is 4.34. The lowest BCUT2D eigenvalue weighted by Gasteiger charge is -2.18. The van der Waals surface area contributed by atoms with Crippen molar-refractivity contribution in [1.82, 2.24) is 15.2 Å². The van der Waals surface area contributed by atoms with Crippen molar-refractivity contribution in [2.24, 2.45) is 5.92 Å². The molecule has 0 saturated heterocycles. The molecule has 1 aliphatic carbocycles. The highest BCUT2D eigenvalue weighted by molar-refractivity contribution is 5.02. The number of hydrogen-bond donors (Lipinski definition) is 1. The van der Waals surface area contributed by atoms with Crippen LogP contribution in [0.25, 0.3) is 0 Å². The number of likely N-dealkylation sites (N-methyl/N-ethyl adjacent to an activating group) is 1. The topological polar surface area (TPSA) is 28.2 Å². The predicted octanol–water partition coefficient (Wildman–Crippen LogP) is 1.90. The summed E-state index contributed by atoms with van der Waals surface area (Å²) in [5.41, 5.74) is 1.14. The maximum atomic E-state index is 4.34. The second-order valence-corrected chi connectivity index (χ2v) is 5.14. The monoisotopic (exact) mass is 233 g/mol. The first-order chi connectivity index (χ1) is 8.25. The molecule has 0 bridgehead atoms. The van der Waals surface area contributed by atoms with E-state index in [1.54, 1.807) is 0 Å². The van der Waals surface area contributed by atoms with E-state index in [1.165, 1.54) is 12.8 Å². The third-order valence-electron chi connectivity index (χ3n) is 3.45. The van der Waals surface area contributed by atoms with Crippen molar-refractivity contribution < 1.29 is 0 Å². The van der Waals surface area contributed by atoms with Crippen LogP contribution >= 0.6 is 0 Å². The van der Waals surface area contributed by atoms with E-state index >= 15 is 0 Å². The van der Waals surface area contributed by atoms with Gasteiger partial charge in [0.2, 0.25) is 0 Å². The SMILES string of the molecule is CC(NCCN(C)Cc1ccccn1)C1CC1. The Labute approximate surface area is 104 Å². The van der Waals surface area contributed by atoms with Gasteiger partial charge < -0.3 is 5.32 Å². The summed E-state index contributed by atoms with van der Waals surface area (Å²) in [6.45, 7) is 5.38. The Morgan fingerprint density at radius 3 is 2.94 bits per heavy atom. The number of nitrogens with one attached hydrogen (secondary N) is 1. The van der Waals surface area contributed by atoms with Crippen LogP contribution in [0, 0.1) is 5.92 Å². The molecule has 2 rings (SSSR count). The van der Waals surface area contributed by atoms with E-state index in [4.69, 9.17) is 0 Å². The number of rotatable bonds is 7. The van der Waals surface area contributed by atoms with Crippen LogP contribution in [0.1, 0.15) is 25.5 Å². The Bertz CT molecular complexity index is 321. The van der Waals surface area contributed by atoms with Gasteiger partial charge in [0.15, 0.2) is 0 Å². The van der Waals surface area contributed by atoms with Crippen molar-refractivity contribution in [3.63, 3.8) is 0 Å². The fraction of sp³-hybridized carbons (Fsp3) is 0.643. The first-order valence-electron chi connectivity index (χ1n) is 6.57. The zero-order valence-corrected chi connectivity index (χ0v) is 10.9. The van der Waals surface area contributed by atoms with Crippen LogP contribution in [0.5, 0.6) is 0 Å². The third kappa shape index (κ3) is 4.44. The molecule has 1 N–H and O–H groups in total. The van der Waals surface area contributed by atoms with Crippen molar-refractivity contribution >= 4 is 0 Å². The molecule has 1 atom stereocenters. The Kier molecular flexibility index (Phi) is 4.51. The summed E-state index contributed by atoms with van der Waals surface area (Å²) in [4.78, 5) is 6.65. The average molecular weight is 233 g/mol. The fourth-order valence-corrected chi connectivity index (χ4v) is 2.09. The molecule has 17 heavy (non-hydrogen) atoms. The Balaban J connectivity index is 1.62. The second kappa shape index (κ2) is 6.12. The van der Waals surface area contributed by atoms with Gasteiger partial charge in [-0.1, -0.05) is 6.07 Å². The van der Waals surface area contributed by atoms with E-state index in [2.05, 4.69) is 35.2 Å². The van der Waals surface area contributed by atoms with E-state index in [0.717, 1.165) is 31.2 Å². The molecule has 0 amide bonds. The first kappa shape index (κ1) is 12.5. The van der Waals surface area contributed by atoms with Gasteiger partial charge in [0.05, 0.1) is 5.69 Å². The Hall–Kier alpha value is -0.930. The van der Waals surface area contributed by atoms with Gasteiger partial charge >= 0.3 is 0 Å². The third-order valence-corrected chi connectivity index (χ3v) is 3.45. The maximum Gasteiger partial charge on any atom is 0.0543 e. The van der Waals surface area contributed by atoms with Crippen molar-refractivity contribution in [2.75, 3.05) is 20.1 Å². The molecule has 0 spiro atoms. The van der Waals surface area contributed by atoms with Crippen LogP contribution in [-0.2, 0) is 6.54 Å². The highest BCUT2D eigenvalue weighted by Gasteiger charge is 2.27. The van der Waals surface area contributed by atoms with Gasteiger partial charge in [-0.15, -0.1) is 0 Å². The standard InChI is InChI=1S/C14H23N3/c1-12(13-6-7-13)15-9-10-17(2)11-14-5-3-4-8-16-14/h3-5,8,12-13,15H,6-7,9-11H2,1-2H3. The molecule has 1 aromatic heterocycles. The Morgan fingerprint density at radius 1 is 1.47 bits per heavy atom. The molecular weight excluding hydrogens is 210 g/mol.